The second kappa shape index (κ2) is 8.15. The molecule has 0 saturated carbocycles. The van der Waals surface area contributed by atoms with Gasteiger partial charge in [-0.2, -0.15) is 5.10 Å². The molecule has 3 aromatic rings. The fourth-order valence-electron chi connectivity index (χ4n) is 3.89. The Morgan fingerprint density at radius 1 is 1.15 bits per heavy atom. The van der Waals surface area contributed by atoms with Crippen molar-refractivity contribution >= 4 is 11.6 Å². The SMILES string of the molecule is COc1ccc(CN2CCCC(c3[nH]ncc3-c3ccc(Cl)cc3)C2)cc1. The summed E-state index contributed by atoms with van der Waals surface area (Å²) in [7, 11) is 1.70. The number of hydrogen-bond acceptors (Lipinski definition) is 3. The molecule has 4 rings (SSSR count). The maximum Gasteiger partial charge on any atom is 0.118 e. The van der Waals surface area contributed by atoms with Crippen LogP contribution in [0.5, 0.6) is 5.75 Å². The molecule has 0 radical (unpaired) electrons. The van der Waals surface area contributed by atoms with E-state index in [9.17, 15) is 0 Å². The highest BCUT2D eigenvalue weighted by molar-refractivity contribution is 6.30. The molecular formula is C22H24ClN3O. The molecule has 1 fully saturated rings. The third-order valence-electron chi connectivity index (χ3n) is 5.30. The molecule has 140 valence electrons. The molecule has 1 N–H and O–H groups in total. The van der Waals surface area contributed by atoms with Gasteiger partial charge < -0.3 is 4.74 Å². The van der Waals surface area contributed by atoms with E-state index >= 15 is 0 Å². The third-order valence-corrected chi connectivity index (χ3v) is 5.56. The Bertz CT molecular complexity index is 873. The van der Waals surface area contributed by atoms with Crippen LogP contribution in [-0.2, 0) is 6.54 Å². The number of hydrogen-bond donors (Lipinski definition) is 1. The lowest BCUT2D eigenvalue weighted by Gasteiger charge is -2.32. The van der Waals surface area contributed by atoms with Crippen molar-refractivity contribution in [2.75, 3.05) is 20.2 Å². The van der Waals surface area contributed by atoms with E-state index in [1.54, 1.807) is 7.11 Å². The summed E-state index contributed by atoms with van der Waals surface area (Å²) in [6, 6.07) is 16.4. The van der Waals surface area contributed by atoms with Crippen molar-refractivity contribution in [3.8, 4) is 16.9 Å². The molecule has 0 bridgehead atoms. The normalized spacial score (nSPS) is 17.8. The number of methoxy groups -OCH3 is 1. The van der Waals surface area contributed by atoms with Gasteiger partial charge in [0.1, 0.15) is 5.75 Å². The Hall–Kier alpha value is -2.30. The molecule has 1 atom stereocenters. The first-order valence-electron chi connectivity index (χ1n) is 9.37. The van der Waals surface area contributed by atoms with Crippen LogP contribution in [0.15, 0.2) is 54.7 Å². The van der Waals surface area contributed by atoms with E-state index in [0.717, 1.165) is 36.0 Å². The average Bonchev–Trinajstić information content (AvgIpc) is 3.19. The standard InChI is InChI=1S/C22H24ClN3O/c1-27-20-10-4-16(5-11-20)14-26-12-2-3-18(15-26)22-21(13-24-25-22)17-6-8-19(23)9-7-17/h4-11,13,18H,2-3,12,14-15H2,1H3,(H,24,25). The van der Waals surface area contributed by atoms with Gasteiger partial charge >= 0.3 is 0 Å². The minimum atomic E-state index is 0.463. The molecule has 1 unspecified atom stereocenters. The predicted molar refractivity (Wildman–Crippen MR) is 109 cm³/mol. The molecule has 0 amide bonds. The molecule has 5 heteroatoms. The van der Waals surface area contributed by atoms with Crippen molar-refractivity contribution in [1.82, 2.24) is 15.1 Å². The van der Waals surface area contributed by atoms with E-state index in [1.165, 1.54) is 29.7 Å². The van der Waals surface area contributed by atoms with Gasteiger partial charge in [-0.05, 0) is 54.8 Å². The van der Waals surface area contributed by atoms with Gasteiger partial charge in [-0.15, -0.1) is 0 Å². The maximum atomic E-state index is 6.04. The number of piperidine rings is 1. The van der Waals surface area contributed by atoms with Crippen LogP contribution in [-0.4, -0.2) is 35.3 Å². The molecule has 4 nitrogen and oxygen atoms in total. The lowest BCUT2D eigenvalue weighted by Crippen LogP contribution is -2.34. The summed E-state index contributed by atoms with van der Waals surface area (Å²) in [5.41, 5.74) is 4.90. The molecule has 2 heterocycles. The highest BCUT2D eigenvalue weighted by Gasteiger charge is 2.25. The Morgan fingerprint density at radius 3 is 2.67 bits per heavy atom. The molecule has 2 aromatic carbocycles. The van der Waals surface area contributed by atoms with Crippen molar-refractivity contribution in [3.05, 3.63) is 71.0 Å². The van der Waals surface area contributed by atoms with E-state index < -0.39 is 0 Å². The van der Waals surface area contributed by atoms with E-state index in [2.05, 4.69) is 39.4 Å². The molecule has 27 heavy (non-hydrogen) atoms. The second-order valence-electron chi connectivity index (χ2n) is 7.13. The number of ether oxygens (including phenoxy) is 1. The zero-order chi connectivity index (χ0) is 18.6. The Labute approximate surface area is 165 Å². The average molecular weight is 382 g/mol. The highest BCUT2D eigenvalue weighted by Crippen LogP contribution is 2.33. The van der Waals surface area contributed by atoms with E-state index in [4.69, 9.17) is 16.3 Å². The van der Waals surface area contributed by atoms with Crippen LogP contribution < -0.4 is 4.74 Å². The van der Waals surface area contributed by atoms with Crippen LogP contribution >= 0.6 is 11.6 Å². The number of likely N-dealkylation sites (tertiary alicyclic amines) is 1. The van der Waals surface area contributed by atoms with Gasteiger partial charge in [0.15, 0.2) is 0 Å². The van der Waals surface area contributed by atoms with Crippen molar-refractivity contribution in [3.63, 3.8) is 0 Å². The fraction of sp³-hybridized carbons (Fsp3) is 0.318. The van der Waals surface area contributed by atoms with E-state index in [0.29, 0.717) is 5.92 Å². The summed E-state index contributed by atoms with van der Waals surface area (Å²) >= 11 is 6.04. The van der Waals surface area contributed by atoms with Crippen molar-refractivity contribution < 1.29 is 4.74 Å². The first-order valence-corrected chi connectivity index (χ1v) is 9.75. The summed E-state index contributed by atoms with van der Waals surface area (Å²) in [6.07, 6.45) is 4.31. The van der Waals surface area contributed by atoms with Crippen molar-refractivity contribution in [2.24, 2.45) is 0 Å². The number of aromatic nitrogens is 2. The van der Waals surface area contributed by atoms with Crippen LogP contribution in [0.25, 0.3) is 11.1 Å². The van der Waals surface area contributed by atoms with Gasteiger partial charge in [0.05, 0.1) is 13.3 Å². The highest BCUT2D eigenvalue weighted by atomic mass is 35.5. The zero-order valence-corrected chi connectivity index (χ0v) is 16.2. The van der Waals surface area contributed by atoms with Gasteiger partial charge in [0.2, 0.25) is 0 Å². The lowest BCUT2D eigenvalue weighted by atomic mass is 9.90. The predicted octanol–water partition coefficient (Wildman–Crippen LogP) is 5.12. The first kappa shape index (κ1) is 18.1. The molecule has 0 spiro atoms. The maximum absolute atomic E-state index is 6.04. The van der Waals surface area contributed by atoms with Crippen LogP contribution in [0.2, 0.25) is 5.02 Å². The smallest absolute Gasteiger partial charge is 0.118 e. The van der Waals surface area contributed by atoms with E-state index in [-0.39, 0.29) is 0 Å². The topological polar surface area (TPSA) is 41.1 Å². The van der Waals surface area contributed by atoms with Crippen LogP contribution in [0, 0.1) is 0 Å². The van der Waals surface area contributed by atoms with Crippen molar-refractivity contribution in [1.29, 1.82) is 0 Å². The zero-order valence-electron chi connectivity index (χ0n) is 15.5. The van der Waals surface area contributed by atoms with Gasteiger partial charge in [-0.1, -0.05) is 35.9 Å². The number of nitrogens with one attached hydrogen (secondary N) is 1. The van der Waals surface area contributed by atoms with Crippen molar-refractivity contribution in [2.45, 2.75) is 25.3 Å². The summed E-state index contributed by atoms with van der Waals surface area (Å²) in [6.45, 7) is 3.13. The largest absolute Gasteiger partial charge is 0.497 e. The van der Waals surface area contributed by atoms with Gasteiger partial charge in [0.25, 0.3) is 0 Å². The van der Waals surface area contributed by atoms with Gasteiger partial charge in [0, 0.05) is 35.3 Å². The Balaban J connectivity index is 1.48. The number of H-pyrrole nitrogens is 1. The summed E-state index contributed by atoms with van der Waals surface area (Å²) in [4.78, 5) is 2.53. The summed E-state index contributed by atoms with van der Waals surface area (Å²) < 4.78 is 5.25. The van der Waals surface area contributed by atoms with Gasteiger partial charge in [-0.25, -0.2) is 0 Å². The lowest BCUT2D eigenvalue weighted by molar-refractivity contribution is 0.198. The molecule has 1 aliphatic heterocycles. The minimum Gasteiger partial charge on any atom is -0.497 e. The number of halogens is 1. The second-order valence-corrected chi connectivity index (χ2v) is 7.56. The molecule has 1 aromatic heterocycles. The number of nitrogens with zero attached hydrogens (tertiary/aromatic N) is 2. The number of aromatic amines is 1. The molecule has 0 aliphatic carbocycles. The van der Waals surface area contributed by atoms with Crippen LogP contribution in [0.4, 0.5) is 0 Å². The molecular weight excluding hydrogens is 358 g/mol. The van der Waals surface area contributed by atoms with E-state index in [1.807, 2.05) is 30.5 Å². The Morgan fingerprint density at radius 2 is 1.93 bits per heavy atom. The number of benzene rings is 2. The third kappa shape index (κ3) is 4.18. The minimum absolute atomic E-state index is 0.463. The molecule has 1 saturated heterocycles. The molecule has 1 aliphatic rings. The Kier molecular flexibility index (Phi) is 5.46. The van der Waals surface area contributed by atoms with Crippen LogP contribution in [0.3, 0.4) is 0 Å². The van der Waals surface area contributed by atoms with Crippen LogP contribution in [0.1, 0.15) is 30.0 Å². The summed E-state index contributed by atoms with van der Waals surface area (Å²) in [5, 5.41) is 8.35. The monoisotopic (exact) mass is 381 g/mol. The first-order chi connectivity index (χ1) is 13.2. The fourth-order valence-corrected chi connectivity index (χ4v) is 4.02. The number of rotatable bonds is 5. The quantitative estimate of drug-likeness (QED) is 0.667. The summed E-state index contributed by atoms with van der Waals surface area (Å²) in [5.74, 6) is 1.37. The van der Waals surface area contributed by atoms with Gasteiger partial charge in [-0.3, -0.25) is 10.00 Å².